The molecule has 0 atom stereocenters. The van der Waals surface area contributed by atoms with Crippen LogP contribution >= 0.6 is 11.6 Å². The average Bonchev–Trinajstić information content (AvgIpc) is 2.49. The van der Waals surface area contributed by atoms with Gasteiger partial charge in [0.1, 0.15) is 12.7 Å². The molecule has 7 nitrogen and oxygen atoms in total. The van der Waals surface area contributed by atoms with Gasteiger partial charge in [-0.1, -0.05) is 26.3 Å². The zero-order valence-corrected chi connectivity index (χ0v) is 13.4. The van der Waals surface area contributed by atoms with Crippen LogP contribution in [0.2, 0.25) is 5.28 Å². The Kier molecular flexibility index (Phi) is 11.1. The van der Waals surface area contributed by atoms with E-state index in [2.05, 4.69) is 41.3 Å². The lowest BCUT2D eigenvalue weighted by Gasteiger charge is -1.78. The van der Waals surface area contributed by atoms with E-state index < -0.39 is 19.7 Å². The Bertz CT molecular complexity index is 601. The first-order valence-electron chi connectivity index (χ1n) is 4.91. The molecule has 21 heavy (non-hydrogen) atoms. The molecule has 1 rings (SSSR count). The Morgan fingerprint density at radius 3 is 1.19 bits per heavy atom. The van der Waals surface area contributed by atoms with Crippen LogP contribution in [0.3, 0.4) is 0 Å². The number of sulfone groups is 2. The molecule has 0 saturated heterocycles. The van der Waals surface area contributed by atoms with Gasteiger partial charge in [0, 0.05) is 21.6 Å². The molecule has 0 aromatic carbocycles. The summed E-state index contributed by atoms with van der Waals surface area (Å²) in [6, 6.07) is 0. The zero-order valence-electron chi connectivity index (χ0n) is 11.0. The van der Waals surface area contributed by atoms with E-state index in [0.717, 1.165) is 21.6 Å². The highest BCUT2D eigenvalue weighted by atomic mass is 35.5. The van der Waals surface area contributed by atoms with Crippen molar-refractivity contribution in [2.24, 2.45) is 0 Å². The van der Waals surface area contributed by atoms with Crippen LogP contribution in [0.1, 0.15) is 0 Å². The second-order valence-corrected chi connectivity index (χ2v) is 6.78. The summed E-state index contributed by atoms with van der Waals surface area (Å²) in [5.74, 6) is 0. The number of nitrogens with zero attached hydrogens (tertiary/aromatic N) is 3. The molecule has 0 spiro atoms. The van der Waals surface area contributed by atoms with E-state index in [1.807, 2.05) is 0 Å². The molecular weight excluding hydrogens is 338 g/mol. The number of rotatable bonds is 4. The third kappa shape index (κ3) is 14.4. The van der Waals surface area contributed by atoms with Crippen LogP contribution in [0, 0.1) is 0 Å². The van der Waals surface area contributed by atoms with Gasteiger partial charge in [-0.3, -0.25) is 0 Å². The first-order valence-corrected chi connectivity index (χ1v) is 8.51. The van der Waals surface area contributed by atoms with Crippen LogP contribution in [-0.2, 0) is 19.7 Å². The van der Waals surface area contributed by atoms with Gasteiger partial charge >= 0.3 is 0 Å². The van der Waals surface area contributed by atoms with Gasteiger partial charge in [-0.05, 0) is 11.6 Å². The lowest BCUT2D eigenvalue weighted by atomic mass is 11.1. The van der Waals surface area contributed by atoms with Crippen LogP contribution in [-0.4, -0.2) is 31.8 Å². The molecule has 1 aromatic rings. The zero-order chi connectivity index (χ0) is 16.9. The summed E-state index contributed by atoms with van der Waals surface area (Å²) in [5.41, 5.74) is 0. The quantitative estimate of drug-likeness (QED) is 0.815. The minimum atomic E-state index is -3.13. The second-order valence-electron chi connectivity index (χ2n) is 2.75. The van der Waals surface area contributed by atoms with E-state index in [0.29, 0.717) is 0 Å². The van der Waals surface area contributed by atoms with E-state index in [1.165, 1.54) is 12.7 Å². The maximum atomic E-state index is 10.1. The van der Waals surface area contributed by atoms with Gasteiger partial charge in [-0.25, -0.2) is 31.8 Å². The van der Waals surface area contributed by atoms with Crippen molar-refractivity contribution < 1.29 is 16.8 Å². The predicted octanol–water partition coefficient (Wildman–Crippen LogP) is 1.90. The number of halogens is 1. The molecule has 1 aromatic heterocycles. The third-order valence-electron chi connectivity index (χ3n) is 1.39. The minimum absolute atomic E-state index is 0.231. The van der Waals surface area contributed by atoms with Crippen molar-refractivity contribution in [2.45, 2.75) is 0 Å². The number of aromatic nitrogens is 3. The van der Waals surface area contributed by atoms with Gasteiger partial charge in [0.25, 0.3) is 0 Å². The van der Waals surface area contributed by atoms with Crippen molar-refractivity contribution in [2.75, 3.05) is 0 Å². The normalized spacial score (nSPS) is 9.76. The molecule has 0 N–H and O–H groups in total. The summed E-state index contributed by atoms with van der Waals surface area (Å²) >= 11 is 5.28. The van der Waals surface area contributed by atoms with Crippen LogP contribution in [0.4, 0.5) is 0 Å². The first-order chi connectivity index (χ1) is 9.64. The molecule has 0 saturated carbocycles. The molecule has 0 unspecified atom stereocenters. The summed E-state index contributed by atoms with van der Waals surface area (Å²) in [7, 11) is -6.26. The second kappa shape index (κ2) is 10.9. The SMILES string of the molecule is C=CS(=O)(=O)C=C.C=CS(=O)(=O)C=C.Clc1ncncn1. The predicted molar refractivity (Wildman–Crippen MR) is 83.5 cm³/mol. The van der Waals surface area contributed by atoms with Crippen molar-refractivity contribution >= 4 is 31.3 Å². The molecule has 0 aliphatic carbocycles. The lowest BCUT2D eigenvalue weighted by molar-refractivity contribution is 0.611. The molecule has 0 amide bonds. The monoisotopic (exact) mass is 351 g/mol. The van der Waals surface area contributed by atoms with Crippen molar-refractivity contribution in [3.63, 3.8) is 0 Å². The standard InChI is InChI=1S/2C4H6O2S.C3H2ClN3/c2*1-3-7(5,6)4-2;4-3-6-1-5-2-7-3/h2*3-4H,1-2H2;1-2H. The molecular formula is C11H14ClN3O4S2. The Labute approximate surface area is 129 Å². The fourth-order valence-corrected chi connectivity index (χ4v) is 0.721. The molecule has 0 aliphatic rings. The van der Waals surface area contributed by atoms with Gasteiger partial charge in [0.05, 0.1) is 0 Å². The van der Waals surface area contributed by atoms with Gasteiger partial charge in [0.2, 0.25) is 5.28 Å². The first kappa shape index (κ1) is 21.5. The molecule has 10 heteroatoms. The Balaban J connectivity index is 0. The largest absolute Gasteiger partial charge is 0.225 e. The van der Waals surface area contributed by atoms with Gasteiger partial charge in [-0.2, -0.15) is 0 Å². The van der Waals surface area contributed by atoms with E-state index in [-0.39, 0.29) is 5.28 Å². The van der Waals surface area contributed by atoms with Crippen LogP contribution in [0.15, 0.2) is 60.6 Å². The fourth-order valence-electron chi connectivity index (χ4n) is 0.361. The van der Waals surface area contributed by atoms with Crippen molar-refractivity contribution in [1.29, 1.82) is 0 Å². The van der Waals surface area contributed by atoms with Crippen molar-refractivity contribution in [1.82, 2.24) is 15.0 Å². The Hall–Kier alpha value is -1.84. The molecule has 0 bridgehead atoms. The van der Waals surface area contributed by atoms with Crippen molar-refractivity contribution in [3.05, 3.63) is 65.9 Å². The van der Waals surface area contributed by atoms with Crippen LogP contribution < -0.4 is 0 Å². The molecule has 0 aliphatic heterocycles. The summed E-state index contributed by atoms with van der Waals surface area (Å²) < 4.78 is 40.5. The van der Waals surface area contributed by atoms with E-state index in [4.69, 9.17) is 11.6 Å². The Morgan fingerprint density at radius 1 is 0.810 bits per heavy atom. The molecule has 0 radical (unpaired) electrons. The minimum Gasteiger partial charge on any atom is -0.225 e. The maximum absolute atomic E-state index is 10.1. The Morgan fingerprint density at radius 2 is 1.10 bits per heavy atom. The summed E-state index contributed by atoms with van der Waals surface area (Å²) in [4.78, 5) is 10.6. The molecule has 116 valence electrons. The van der Waals surface area contributed by atoms with Crippen LogP contribution in [0.25, 0.3) is 0 Å². The lowest BCUT2D eigenvalue weighted by Crippen LogP contribution is -1.83. The van der Waals surface area contributed by atoms with Crippen molar-refractivity contribution in [3.8, 4) is 0 Å². The topological polar surface area (TPSA) is 107 Å². The van der Waals surface area contributed by atoms with E-state index in [9.17, 15) is 16.8 Å². The van der Waals surface area contributed by atoms with E-state index in [1.54, 1.807) is 0 Å². The molecule has 1 heterocycles. The van der Waals surface area contributed by atoms with Gasteiger partial charge in [-0.15, -0.1) is 0 Å². The summed E-state index contributed by atoms with van der Waals surface area (Å²) in [6.07, 6.45) is 2.69. The summed E-state index contributed by atoms with van der Waals surface area (Å²) in [6.45, 7) is 12.2. The smallest absolute Gasteiger partial charge is 0.225 e. The maximum Gasteiger partial charge on any atom is 0.225 e. The highest BCUT2D eigenvalue weighted by molar-refractivity contribution is 7.97. The van der Waals surface area contributed by atoms with Gasteiger partial charge < -0.3 is 0 Å². The highest BCUT2D eigenvalue weighted by Crippen LogP contribution is 1.90. The van der Waals surface area contributed by atoms with Gasteiger partial charge in [0.15, 0.2) is 19.7 Å². The van der Waals surface area contributed by atoms with E-state index >= 15 is 0 Å². The number of hydrogen-bond acceptors (Lipinski definition) is 7. The molecule has 0 fully saturated rings. The number of hydrogen-bond donors (Lipinski definition) is 0. The third-order valence-corrected chi connectivity index (χ3v) is 3.44. The fraction of sp³-hybridized carbons (Fsp3) is 0. The van der Waals surface area contributed by atoms with Crippen LogP contribution in [0.5, 0.6) is 0 Å². The highest BCUT2D eigenvalue weighted by Gasteiger charge is 1.91. The summed E-state index contributed by atoms with van der Waals surface area (Å²) in [5, 5.41) is 3.62. The average molecular weight is 352 g/mol.